The van der Waals surface area contributed by atoms with Gasteiger partial charge in [-0.15, -0.1) is 6.58 Å². The number of rotatable bonds is 9. The van der Waals surface area contributed by atoms with E-state index >= 15 is 0 Å². The average molecular weight is 246 g/mol. The minimum Gasteiger partial charge on any atom is -0.494 e. The number of carbonyl (C=O) groups excluding carboxylic acids is 1. The summed E-state index contributed by atoms with van der Waals surface area (Å²) in [5.74, 6) is 1.07. The van der Waals surface area contributed by atoms with Crippen molar-refractivity contribution in [2.45, 2.75) is 39.0 Å². The minimum absolute atomic E-state index is 0.186. The minimum atomic E-state index is 0.186. The Bertz CT molecular complexity index is 365. The molecule has 98 valence electrons. The summed E-state index contributed by atoms with van der Waals surface area (Å²) in [6, 6.07) is 7.77. The number of hydrogen-bond acceptors (Lipinski definition) is 2. The van der Waals surface area contributed by atoms with Crippen molar-refractivity contribution < 1.29 is 9.53 Å². The van der Waals surface area contributed by atoms with E-state index in [0.717, 1.165) is 30.8 Å². The lowest BCUT2D eigenvalue weighted by molar-refractivity contribution is -0.116. The van der Waals surface area contributed by atoms with Gasteiger partial charge in [-0.1, -0.05) is 18.2 Å². The van der Waals surface area contributed by atoms with Crippen LogP contribution in [0.25, 0.3) is 0 Å². The summed E-state index contributed by atoms with van der Waals surface area (Å²) in [4.78, 5) is 11.0. The van der Waals surface area contributed by atoms with E-state index in [1.54, 1.807) is 6.92 Å². The van der Waals surface area contributed by atoms with E-state index in [0.29, 0.717) is 6.42 Å². The fourth-order valence-corrected chi connectivity index (χ4v) is 1.75. The van der Waals surface area contributed by atoms with E-state index in [9.17, 15) is 4.79 Å². The van der Waals surface area contributed by atoms with Crippen LogP contribution in [-0.4, -0.2) is 12.4 Å². The lowest BCUT2D eigenvalue weighted by Gasteiger charge is -2.06. The Morgan fingerprint density at radius 3 is 2.56 bits per heavy atom. The molecule has 1 aromatic rings. The van der Waals surface area contributed by atoms with Gasteiger partial charge in [-0.05, 0) is 50.3 Å². The first-order valence-electron chi connectivity index (χ1n) is 6.54. The number of carbonyl (C=O) groups is 1. The van der Waals surface area contributed by atoms with Crippen molar-refractivity contribution in [1.82, 2.24) is 0 Å². The molecule has 0 aromatic heterocycles. The second-order valence-electron chi connectivity index (χ2n) is 4.51. The maximum Gasteiger partial charge on any atom is 0.134 e. The highest BCUT2D eigenvalue weighted by Gasteiger charge is 1.98. The van der Waals surface area contributed by atoms with Crippen LogP contribution in [0.2, 0.25) is 0 Å². The second kappa shape index (κ2) is 8.51. The molecule has 0 atom stereocenters. The van der Waals surface area contributed by atoms with E-state index in [2.05, 4.69) is 6.58 Å². The Morgan fingerprint density at radius 2 is 1.94 bits per heavy atom. The van der Waals surface area contributed by atoms with Crippen LogP contribution in [0.15, 0.2) is 36.9 Å². The molecule has 1 rings (SSSR count). The van der Waals surface area contributed by atoms with Crippen LogP contribution < -0.4 is 4.74 Å². The van der Waals surface area contributed by atoms with Crippen LogP contribution in [0.4, 0.5) is 0 Å². The fraction of sp³-hybridized carbons (Fsp3) is 0.438. The summed E-state index contributed by atoms with van der Waals surface area (Å²) in [6.07, 6.45) is 6.97. The van der Waals surface area contributed by atoms with Gasteiger partial charge < -0.3 is 4.74 Å². The van der Waals surface area contributed by atoms with Crippen molar-refractivity contribution >= 4 is 5.78 Å². The molecule has 0 bridgehead atoms. The molecule has 0 unspecified atom stereocenters. The van der Waals surface area contributed by atoms with E-state index in [4.69, 9.17) is 4.74 Å². The molecule has 2 heteroatoms. The van der Waals surface area contributed by atoms with Crippen LogP contribution in [0.1, 0.15) is 38.2 Å². The topological polar surface area (TPSA) is 26.3 Å². The van der Waals surface area contributed by atoms with Gasteiger partial charge in [-0.3, -0.25) is 4.79 Å². The number of benzene rings is 1. The molecule has 1 aromatic carbocycles. The number of hydrogen-bond donors (Lipinski definition) is 0. The molecule has 0 amide bonds. The number of ether oxygens (including phenoxy) is 1. The van der Waals surface area contributed by atoms with Crippen molar-refractivity contribution in [2.75, 3.05) is 6.61 Å². The Labute approximate surface area is 110 Å². The highest BCUT2D eigenvalue weighted by Crippen LogP contribution is 2.13. The third kappa shape index (κ3) is 6.24. The van der Waals surface area contributed by atoms with E-state index in [-0.39, 0.29) is 5.78 Å². The largest absolute Gasteiger partial charge is 0.494 e. The lowest BCUT2D eigenvalue weighted by atomic mass is 10.1. The summed E-state index contributed by atoms with van der Waals surface area (Å²) in [7, 11) is 0. The van der Waals surface area contributed by atoms with Crippen LogP contribution in [-0.2, 0) is 11.2 Å². The zero-order valence-corrected chi connectivity index (χ0v) is 11.2. The normalized spacial score (nSPS) is 10.1. The second-order valence-corrected chi connectivity index (χ2v) is 4.51. The first kappa shape index (κ1) is 14.5. The van der Waals surface area contributed by atoms with E-state index in [1.165, 1.54) is 12.8 Å². The predicted octanol–water partition coefficient (Wildman–Crippen LogP) is 3.94. The Morgan fingerprint density at radius 1 is 1.22 bits per heavy atom. The van der Waals surface area contributed by atoms with Crippen LogP contribution in [0.5, 0.6) is 5.75 Å². The molecule has 0 saturated heterocycles. The molecule has 0 saturated carbocycles. The Hall–Kier alpha value is -1.57. The van der Waals surface area contributed by atoms with Crippen molar-refractivity contribution in [2.24, 2.45) is 0 Å². The molecule has 0 N–H and O–H groups in total. The van der Waals surface area contributed by atoms with Crippen molar-refractivity contribution in [3.8, 4) is 5.75 Å². The van der Waals surface area contributed by atoms with Gasteiger partial charge in [-0.2, -0.15) is 0 Å². The molecule has 0 aliphatic heterocycles. The standard InChI is InChI=1S/C16H22O2/c1-3-4-5-6-7-12-18-16-10-8-15(9-11-16)13-14(2)17/h3,8-11H,1,4-7,12-13H2,2H3. The smallest absolute Gasteiger partial charge is 0.134 e. The third-order valence-electron chi connectivity index (χ3n) is 2.70. The first-order valence-corrected chi connectivity index (χ1v) is 6.54. The van der Waals surface area contributed by atoms with Crippen molar-refractivity contribution in [1.29, 1.82) is 0 Å². The Kier molecular flexibility index (Phi) is 6.85. The molecule has 0 aliphatic carbocycles. The van der Waals surface area contributed by atoms with Crippen LogP contribution in [0.3, 0.4) is 0 Å². The van der Waals surface area contributed by atoms with E-state index < -0.39 is 0 Å². The predicted molar refractivity (Wildman–Crippen MR) is 75.0 cm³/mol. The number of allylic oxidation sites excluding steroid dienone is 1. The van der Waals surface area contributed by atoms with Gasteiger partial charge in [0.25, 0.3) is 0 Å². The van der Waals surface area contributed by atoms with Gasteiger partial charge in [0.05, 0.1) is 6.61 Å². The summed E-state index contributed by atoms with van der Waals surface area (Å²) >= 11 is 0. The van der Waals surface area contributed by atoms with Crippen LogP contribution in [0, 0.1) is 0 Å². The molecule has 0 aliphatic rings. The SMILES string of the molecule is C=CCCCCCOc1ccc(CC(C)=O)cc1. The summed E-state index contributed by atoms with van der Waals surface area (Å²) in [6.45, 7) is 6.06. The Balaban J connectivity index is 2.22. The first-order chi connectivity index (χ1) is 8.72. The summed E-state index contributed by atoms with van der Waals surface area (Å²) < 4.78 is 5.64. The van der Waals surface area contributed by atoms with Crippen LogP contribution >= 0.6 is 0 Å². The number of Topliss-reactive ketones (excluding diaryl/α,β-unsaturated/α-hetero) is 1. The van der Waals surface area contributed by atoms with Gasteiger partial charge >= 0.3 is 0 Å². The lowest BCUT2D eigenvalue weighted by Crippen LogP contribution is -1.99. The maximum absolute atomic E-state index is 11.0. The molecule has 0 fully saturated rings. The van der Waals surface area contributed by atoms with Gasteiger partial charge in [0, 0.05) is 6.42 Å². The average Bonchev–Trinajstić information content (AvgIpc) is 2.35. The van der Waals surface area contributed by atoms with Gasteiger partial charge in [-0.25, -0.2) is 0 Å². The van der Waals surface area contributed by atoms with Gasteiger partial charge in [0.1, 0.15) is 11.5 Å². The fourth-order valence-electron chi connectivity index (χ4n) is 1.75. The van der Waals surface area contributed by atoms with Gasteiger partial charge in [0.2, 0.25) is 0 Å². The van der Waals surface area contributed by atoms with Gasteiger partial charge in [0.15, 0.2) is 0 Å². The van der Waals surface area contributed by atoms with E-state index in [1.807, 2.05) is 30.3 Å². The number of unbranched alkanes of at least 4 members (excludes halogenated alkanes) is 3. The highest BCUT2D eigenvalue weighted by atomic mass is 16.5. The molecule has 0 heterocycles. The molecule has 18 heavy (non-hydrogen) atoms. The third-order valence-corrected chi connectivity index (χ3v) is 2.70. The molecular weight excluding hydrogens is 224 g/mol. The molecular formula is C16H22O2. The zero-order chi connectivity index (χ0) is 13.2. The summed E-state index contributed by atoms with van der Waals surface area (Å²) in [5.41, 5.74) is 1.04. The quantitative estimate of drug-likeness (QED) is 0.487. The summed E-state index contributed by atoms with van der Waals surface area (Å²) in [5, 5.41) is 0. The van der Waals surface area contributed by atoms with Crippen molar-refractivity contribution in [3.63, 3.8) is 0 Å². The zero-order valence-electron chi connectivity index (χ0n) is 11.2. The number of ketones is 1. The molecule has 0 radical (unpaired) electrons. The van der Waals surface area contributed by atoms with Crippen molar-refractivity contribution in [3.05, 3.63) is 42.5 Å². The molecule has 0 spiro atoms. The monoisotopic (exact) mass is 246 g/mol. The maximum atomic E-state index is 11.0. The molecule has 2 nitrogen and oxygen atoms in total. The highest BCUT2D eigenvalue weighted by molar-refractivity contribution is 5.78.